The van der Waals surface area contributed by atoms with E-state index in [9.17, 15) is 5.11 Å². The number of nitrogen functional groups attached to an aromatic ring is 1. The Kier molecular flexibility index (Phi) is 3.21. The molecule has 0 unspecified atom stereocenters. The number of hydrogen-bond donors (Lipinski definition) is 2. The maximum absolute atomic E-state index is 9.86. The summed E-state index contributed by atoms with van der Waals surface area (Å²) >= 11 is 0. The fraction of sp³-hybridized carbons (Fsp3) is 0.667. The summed E-state index contributed by atoms with van der Waals surface area (Å²) in [6.07, 6.45) is 5.36. The van der Waals surface area contributed by atoms with E-state index in [-0.39, 0.29) is 30.8 Å². The van der Waals surface area contributed by atoms with Crippen molar-refractivity contribution in [2.45, 2.75) is 63.6 Å². The molecule has 5 rings (SSSR count). The predicted octanol–water partition coefficient (Wildman–Crippen LogP) is 1.58. The molecule has 1 aliphatic heterocycles. The normalized spacial score (nSPS) is 33.1. The third kappa shape index (κ3) is 2.09. The summed E-state index contributed by atoms with van der Waals surface area (Å²) in [6.45, 7) is 3.99. The topological polar surface area (TPSA) is 95.4 Å². The van der Waals surface area contributed by atoms with E-state index in [0.29, 0.717) is 5.82 Å². The summed E-state index contributed by atoms with van der Waals surface area (Å²) in [6, 6.07) is 0.0996. The molecule has 3 aliphatic rings. The Bertz CT molecular complexity index is 846. The van der Waals surface area contributed by atoms with E-state index in [1.807, 2.05) is 13.8 Å². The molecule has 134 valence electrons. The lowest BCUT2D eigenvalue weighted by molar-refractivity contribution is -0.161. The molecule has 3 N–H and O–H groups in total. The largest absolute Gasteiger partial charge is 0.396 e. The molecule has 2 aromatic rings. The Hall–Kier alpha value is -1.70. The van der Waals surface area contributed by atoms with Crippen molar-refractivity contribution in [1.29, 1.82) is 0 Å². The number of rotatable bonds is 2. The van der Waals surface area contributed by atoms with Gasteiger partial charge in [0, 0.05) is 18.2 Å². The van der Waals surface area contributed by atoms with Crippen LogP contribution in [0.15, 0.2) is 6.33 Å². The first-order chi connectivity index (χ1) is 12.0. The molecule has 0 bridgehead atoms. The maximum atomic E-state index is 9.86. The lowest BCUT2D eigenvalue weighted by atomic mass is 10.1. The molecule has 1 saturated carbocycles. The van der Waals surface area contributed by atoms with Gasteiger partial charge in [0.2, 0.25) is 0 Å². The molecule has 2 aromatic heterocycles. The van der Waals surface area contributed by atoms with Crippen LogP contribution in [0.3, 0.4) is 0 Å². The Labute approximate surface area is 146 Å². The van der Waals surface area contributed by atoms with Gasteiger partial charge < -0.3 is 24.9 Å². The summed E-state index contributed by atoms with van der Waals surface area (Å²) in [5.74, 6) is 0.00575. The summed E-state index contributed by atoms with van der Waals surface area (Å²) < 4.78 is 14.7. The van der Waals surface area contributed by atoms with Crippen LogP contribution < -0.4 is 5.73 Å². The highest BCUT2D eigenvalue weighted by Gasteiger charge is 2.55. The van der Waals surface area contributed by atoms with Gasteiger partial charge in [-0.15, -0.1) is 0 Å². The summed E-state index contributed by atoms with van der Waals surface area (Å²) in [5, 5.41) is 10.9. The van der Waals surface area contributed by atoms with Gasteiger partial charge in [0.15, 0.2) is 5.79 Å². The van der Waals surface area contributed by atoms with Crippen LogP contribution in [0.4, 0.5) is 5.82 Å². The number of aryl methyl sites for hydroxylation is 1. The molecular formula is C18H24N4O3. The van der Waals surface area contributed by atoms with E-state index < -0.39 is 5.79 Å². The standard InChI is InChI=1S/C18H24N4O3/c1-18(2)24-14-9(7-23)6-12(15(14)25-18)22-11-5-3-4-10(11)13-16(19)20-8-21-17(13)22/h8-9,12,14-15,23H,3-7H2,1-2H3,(H2,19,20,21)/t9-,12-,14-,15+/m1/s1. The number of ether oxygens (including phenoxy) is 2. The van der Waals surface area contributed by atoms with Gasteiger partial charge in [0.05, 0.1) is 17.5 Å². The fourth-order valence-corrected chi connectivity index (χ4v) is 5.10. The third-order valence-electron chi connectivity index (χ3n) is 5.98. The lowest BCUT2D eigenvalue weighted by Crippen LogP contribution is -2.28. The fourth-order valence-electron chi connectivity index (χ4n) is 5.10. The van der Waals surface area contributed by atoms with Gasteiger partial charge in [0.1, 0.15) is 23.9 Å². The van der Waals surface area contributed by atoms with Crippen LogP contribution in [0.2, 0.25) is 0 Å². The molecule has 0 spiro atoms. The highest BCUT2D eigenvalue weighted by Crippen LogP contribution is 2.49. The molecule has 7 nitrogen and oxygen atoms in total. The molecular weight excluding hydrogens is 320 g/mol. The highest BCUT2D eigenvalue weighted by molar-refractivity contribution is 5.91. The summed E-state index contributed by atoms with van der Waals surface area (Å²) in [7, 11) is 0. The molecule has 4 atom stereocenters. The molecule has 2 aliphatic carbocycles. The van der Waals surface area contributed by atoms with Gasteiger partial charge in [-0.1, -0.05) is 0 Å². The van der Waals surface area contributed by atoms with E-state index >= 15 is 0 Å². The molecule has 25 heavy (non-hydrogen) atoms. The molecule has 7 heteroatoms. The number of aliphatic hydroxyl groups excluding tert-OH is 1. The quantitative estimate of drug-likeness (QED) is 0.859. The highest BCUT2D eigenvalue weighted by atomic mass is 16.8. The van der Waals surface area contributed by atoms with Crippen molar-refractivity contribution >= 4 is 16.9 Å². The van der Waals surface area contributed by atoms with Gasteiger partial charge in [-0.25, -0.2) is 9.97 Å². The van der Waals surface area contributed by atoms with Crippen LogP contribution in [0.1, 0.15) is 44.0 Å². The second kappa shape index (κ2) is 5.16. The van der Waals surface area contributed by atoms with Crippen molar-refractivity contribution in [3.63, 3.8) is 0 Å². The predicted molar refractivity (Wildman–Crippen MR) is 92.0 cm³/mol. The van der Waals surface area contributed by atoms with Crippen molar-refractivity contribution in [2.24, 2.45) is 5.92 Å². The van der Waals surface area contributed by atoms with E-state index in [1.165, 1.54) is 17.6 Å². The smallest absolute Gasteiger partial charge is 0.163 e. The Morgan fingerprint density at radius 2 is 2.08 bits per heavy atom. The molecule has 1 saturated heterocycles. The van der Waals surface area contributed by atoms with Crippen LogP contribution in [0, 0.1) is 5.92 Å². The van der Waals surface area contributed by atoms with Crippen molar-refractivity contribution in [2.75, 3.05) is 12.3 Å². The zero-order valence-electron chi connectivity index (χ0n) is 14.6. The average molecular weight is 344 g/mol. The van der Waals surface area contributed by atoms with E-state index in [2.05, 4.69) is 14.5 Å². The number of aromatic nitrogens is 3. The molecule has 0 amide bonds. The van der Waals surface area contributed by atoms with E-state index in [0.717, 1.165) is 36.7 Å². The Balaban J connectivity index is 1.68. The minimum atomic E-state index is -0.623. The molecule has 0 radical (unpaired) electrons. The number of fused-ring (bicyclic) bond motifs is 4. The zero-order chi connectivity index (χ0) is 17.3. The van der Waals surface area contributed by atoms with Gasteiger partial charge >= 0.3 is 0 Å². The number of anilines is 1. The first-order valence-corrected chi connectivity index (χ1v) is 9.09. The van der Waals surface area contributed by atoms with Crippen molar-refractivity contribution in [1.82, 2.24) is 14.5 Å². The number of aliphatic hydroxyl groups is 1. The molecule has 2 fully saturated rings. The van der Waals surface area contributed by atoms with Crippen molar-refractivity contribution < 1.29 is 14.6 Å². The average Bonchev–Trinajstić information content (AvgIpc) is 3.26. The first kappa shape index (κ1) is 15.5. The zero-order valence-corrected chi connectivity index (χ0v) is 14.6. The van der Waals surface area contributed by atoms with Crippen LogP contribution in [-0.2, 0) is 22.3 Å². The Morgan fingerprint density at radius 3 is 2.88 bits per heavy atom. The van der Waals surface area contributed by atoms with Gasteiger partial charge in [-0.2, -0.15) is 0 Å². The minimum Gasteiger partial charge on any atom is -0.396 e. The lowest BCUT2D eigenvalue weighted by Gasteiger charge is -2.25. The number of nitrogens with two attached hydrogens (primary N) is 1. The maximum Gasteiger partial charge on any atom is 0.163 e. The van der Waals surface area contributed by atoms with Gasteiger partial charge in [0.25, 0.3) is 0 Å². The van der Waals surface area contributed by atoms with Crippen molar-refractivity contribution in [3.8, 4) is 0 Å². The first-order valence-electron chi connectivity index (χ1n) is 9.09. The molecule has 3 heterocycles. The van der Waals surface area contributed by atoms with Gasteiger partial charge in [-0.05, 0) is 45.1 Å². The number of nitrogens with zero attached hydrogens (tertiary/aromatic N) is 3. The second-order valence-corrected chi connectivity index (χ2v) is 7.92. The monoisotopic (exact) mass is 344 g/mol. The minimum absolute atomic E-state index is 0.0745. The summed E-state index contributed by atoms with van der Waals surface area (Å²) in [5.41, 5.74) is 9.67. The summed E-state index contributed by atoms with van der Waals surface area (Å²) in [4.78, 5) is 8.77. The van der Waals surface area contributed by atoms with Gasteiger partial charge in [-0.3, -0.25) is 0 Å². The number of hydrogen-bond acceptors (Lipinski definition) is 6. The SMILES string of the molecule is CC1(C)O[C@@H]2[C@@H](CO)C[C@@H](n3c4c(c5c(N)ncnc53)CCC4)[C@@H]2O1. The van der Waals surface area contributed by atoms with Crippen molar-refractivity contribution in [3.05, 3.63) is 17.6 Å². The van der Waals surface area contributed by atoms with E-state index in [4.69, 9.17) is 15.2 Å². The molecule has 0 aromatic carbocycles. The van der Waals surface area contributed by atoms with Crippen LogP contribution in [0.5, 0.6) is 0 Å². The Morgan fingerprint density at radius 1 is 1.28 bits per heavy atom. The van der Waals surface area contributed by atoms with Crippen LogP contribution in [-0.4, -0.2) is 44.2 Å². The van der Waals surface area contributed by atoms with E-state index in [1.54, 1.807) is 0 Å². The third-order valence-corrected chi connectivity index (χ3v) is 5.98. The second-order valence-electron chi connectivity index (χ2n) is 7.92. The van der Waals surface area contributed by atoms with Crippen LogP contribution >= 0.6 is 0 Å². The van der Waals surface area contributed by atoms with Crippen LogP contribution in [0.25, 0.3) is 11.0 Å².